The van der Waals surface area contributed by atoms with Crippen molar-refractivity contribution in [3.05, 3.63) is 12.4 Å². The first-order valence-electron chi connectivity index (χ1n) is 5.09. The predicted octanol–water partition coefficient (Wildman–Crippen LogP) is 0.258. The third kappa shape index (κ3) is 5.72. The average Bonchev–Trinajstić information content (AvgIpc) is 2.56. The van der Waals surface area contributed by atoms with Crippen molar-refractivity contribution in [1.82, 2.24) is 9.78 Å². The van der Waals surface area contributed by atoms with Gasteiger partial charge >= 0.3 is 0 Å². The van der Waals surface area contributed by atoms with Gasteiger partial charge in [-0.05, 0) is 19.3 Å². The van der Waals surface area contributed by atoms with Crippen molar-refractivity contribution in [2.24, 2.45) is 12.2 Å². The third-order valence-corrected chi connectivity index (χ3v) is 2.88. The predicted molar refractivity (Wildman–Crippen MR) is 60.5 cm³/mol. The summed E-state index contributed by atoms with van der Waals surface area (Å²) in [5, 5.41) is 8.83. The maximum absolute atomic E-state index is 10.6. The van der Waals surface area contributed by atoms with Crippen LogP contribution in [0.15, 0.2) is 12.4 Å². The molecule has 0 radical (unpaired) electrons. The van der Waals surface area contributed by atoms with Gasteiger partial charge in [0, 0.05) is 7.05 Å². The van der Waals surface area contributed by atoms with Gasteiger partial charge in [-0.3, -0.25) is 4.68 Å². The molecule has 0 amide bonds. The molecule has 1 aromatic heterocycles. The number of hydrogen-bond acceptors (Lipinski definition) is 4. The highest BCUT2D eigenvalue weighted by atomic mass is 32.2. The Morgan fingerprint density at radius 3 is 2.75 bits per heavy atom. The second kappa shape index (κ2) is 5.86. The molecule has 6 nitrogen and oxygen atoms in total. The minimum atomic E-state index is -3.31. The number of sulfonamides is 1. The second-order valence-corrected chi connectivity index (χ2v) is 5.36. The fourth-order valence-electron chi connectivity index (χ4n) is 1.25. The highest BCUT2D eigenvalue weighted by molar-refractivity contribution is 7.89. The van der Waals surface area contributed by atoms with Crippen molar-refractivity contribution in [1.29, 1.82) is 0 Å². The Morgan fingerprint density at radius 1 is 1.44 bits per heavy atom. The summed E-state index contributed by atoms with van der Waals surface area (Å²) in [7, 11) is -1.50. The van der Waals surface area contributed by atoms with E-state index in [1.165, 1.54) is 0 Å². The van der Waals surface area contributed by atoms with Gasteiger partial charge in [-0.15, -0.1) is 0 Å². The first-order chi connectivity index (χ1) is 7.47. The van der Waals surface area contributed by atoms with Crippen molar-refractivity contribution >= 4 is 10.0 Å². The lowest BCUT2D eigenvalue weighted by atomic mass is 10.3. The largest absolute Gasteiger partial charge is 0.490 e. The van der Waals surface area contributed by atoms with Crippen LogP contribution in [0.5, 0.6) is 5.75 Å². The van der Waals surface area contributed by atoms with Gasteiger partial charge in [0.1, 0.15) is 0 Å². The van der Waals surface area contributed by atoms with Crippen LogP contribution in [0.3, 0.4) is 0 Å². The molecular weight excluding hydrogens is 230 g/mol. The van der Waals surface area contributed by atoms with Crippen molar-refractivity contribution in [2.45, 2.75) is 19.3 Å². The van der Waals surface area contributed by atoms with Crippen molar-refractivity contribution in [2.75, 3.05) is 12.4 Å². The summed E-state index contributed by atoms with van der Waals surface area (Å²) >= 11 is 0. The Balaban J connectivity index is 2.04. The molecule has 2 N–H and O–H groups in total. The molecule has 0 spiro atoms. The fourth-order valence-corrected chi connectivity index (χ4v) is 1.85. The minimum Gasteiger partial charge on any atom is -0.490 e. The quantitative estimate of drug-likeness (QED) is 0.700. The fraction of sp³-hybridized carbons (Fsp3) is 0.667. The Morgan fingerprint density at radius 2 is 2.19 bits per heavy atom. The third-order valence-electron chi connectivity index (χ3n) is 2.02. The molecule has 1 aromatic rings. The summed E-state index contributed by atoms with van der Waals surface area (Å²) in [6.45, 7) is 0.566. The molecular formula is C9H17N3O3S. The van der Waals surface area contributed by atoms with Gasteiger partial charge < -0.3 is 4.74 Å². The molecule has 0 aromatic carbocycles. The molecule has 0 bridgehead atoms. The molecule has 0 aliphatic rings. The zero-order chi connectivity index (χ0) is 12.0. The molecule has 0 atom stereocenters. The smallest absolute Gasteiger partial charge is 0.209 e. The van der Waals surface area contributed by atoms with E-state index < -0.39 is 10.0 Å². The van der Waals surface area contributed by atoms with E-state index in [1.807, 2.05) is 7.05 Å². The number of ether oxygens (including phenoxy) is 1. The van der Waals surface area contributed by atoms with Gasteiger partial charge in [-0.1, -0.05) is 0 Å². The molecule has 0 aliphatic carbocycles. The van der Waals surface area contributed by atoms with Crippen molar-refractivity contribution in [3.63, 3.8) is 0 Å². The molecule has 92 valence electrons. The van der Waals surface area contributed by atoms with E-state index in [1.54, 1.807) is 17.1 Å². The van der Waals surface area contributed by atoms with E-state index in [0.29, 0.717) is 13.0 Å². The molecule has 0 saturated carbocycles. The number of hydrogen-bond donors (Lipinski definition) is 1. The van der Waals surface area contributed by atoms with Crippen LogP contribution >= 0.6 is 0 Å². The molecule has 0 fully saturated rings. The minimum absolute atomic E-state index is 0.0416. The lowest BCUT2D eigenvalue weighted by Crippen LogP contribution is -2.16. The molecule has 7 heteroatoms. The number of primary sulfonamides is 1. The summed E-state index contributed by atoms with van der Waals surface area (Å²) in [4.78, 5) is 0. The molecule has 1 rings (SSSR count). The summed E-state index contributed by atoms with van der Waals surface area (Å²) in [6.07, 6.45) is 5.60. The first kappa shape index (κ1) is 13.0. The highest BCUT2D eigenvalue weighted by Crippen LogP contribution is 2.08. The van der Waals surface area contributed by atoms with E-state index in [2.05, 4.69) is 5.10 Å². The maximum Gasteiger partial charge on any atom is 0.209 e. The number of nitrogens with zero attached hydrogens (tertiary/aromatic N) is 2. The molecule has 0 saturated heterocycles. The van der Waals surface area contributed by atoms with Crippen molar-refractivity contribution in [3.8, 4) is 5.75 Å². The molecule has 0 aliphatic heterocycles. The number of aryl methyl sites for hydroxylation is 1. The van der Waals surface area contributed by atoms with E-state index in [0.717, 1.165) is 18.6 Å². The summed E-state index contributed by atoms with van der Waals surface area (Å²) < 4.78 is 28.3. The van der Waals surface area contributed by atoms with E-state index in [-0.39, 0.29) is 5.75 Å². The van der Waals surface area contributed by atoms with Gasteiger partial charge in [-0.2, -0.15) is 5.10 Å². The zero-order valence-corrected chi connectivity index (χ0v) is 10.1. The van der Waals surface area contributed by atoms with Crippen molar-refractivity contribution < 1.29 is 13.2 Å². The van der Waals surface area contributed by atoms with Gasteiger partial charge in [0.15, 0.2) is 5.75 Å². The van der Waals surface area contributed by atoms with Gasteiger partial charge in [0.2, 0.25) is 10.0 Å². The summed E-state index contributed by atoms with van der Waals surface area (Å²) in [5.74, 6) is 0.772. The van der Waals surface area contributed by atoms with E-state index in [9.17, 15) is 8.42 Å². The molecule has 0 unspecified atom stereocenters. The SMILES string of the molecule is Cn1cc(OCCCCCS(N)(=O)=O)cn1. The Bertz CT molecular complexity index is 413. The number of aromatic nitrogens is 2. The van der Waals surface area contributed by atoms with Crippen LogP contribution in [0.25, 0.3) is 0 Å². The Kier molecular flexibility index (Phi) is 4.75. The molecule has 16 heavy (non-hydrogen) atoms. The number of rotatable bonds is 7. The summed E-state index contributed by atoms with van der Waals surface area (Å²) in [6, 6.07) is 0. The first-order valence-corrected chi connectivity index (χ1v) is 6.81. The van der Waals surface area contributed by atoms with Crippen LogP contribution in [-0.4, -0.2) is 30.6 Å². The molecule has 1 heterocycles. The van der Waals surface area contributed by atoms with Crippen LogP contribution in [-0.2, 0) is 17.1 Å². The highest BCUT2D eigenvalue weighted by Gasteiger charge is 2.01. The normalized spacial score (nSPS) is 11.6. The van der Waals surface area contributed by atoms with Gasteiger partial charge in [0.25, 0.3) is 0 Å². The Hall–Kier alpha value is -1.08. The monoisotopic (exact) mass is 247 g/mol. The van der Waals surface area contributed by atoms with Gasteiger partial charge in [-0.25, -0.2) is 13.6 Å². The van der Waals surface area contributed by atoms with Crippen LogP contribution in [0.4, 0.5) is 0 Å². The topological polar surface area (TPSA) is 87.2 Å². The van der Waals surface area contributed by atoms with Gasteiger partial charge in [0.05, 0.1) is 24.8 Å². The van der Waals surface area contributed by atoms with Crippen LogP contribution < -0.4 is 9.88 Å². The lowest BCUT2D eigenvalue weighted by Gasteiger charge is -2.02. The average molecular weight is 247 g/mol. The number of nitrogens with two attached hydrogens (primary N) is 1. The van der Waals surface area contributed by atoms with E-state index >= 15 is 0 Å². The van der Waals surface area contributed by atoms with Crippen LogP contribution in [0.2, 0.25) is 0 Å². The maximum atomic E-state index is 10.6. The van der Waals surface area contributed by atoms with E-state index in [4.69, 9.17) is 9.88 Å². The zero-order valence-electron chi connectivity index (χ0n) is 9.30. The summed E-state index contributed by atoms with van der Waals surface area (Å²) in [5.41, 5.74) is 0. The van der Waals surface area contributed by atoms with Crippen LogP contribution in [0.1, 0.15) is 19.3 Å². The van der Waals surface area contributed by atoms with Crippen LogP contribution in [0, 0.1) is 0 Å². The second-order valence-electron chi connectivity index (χ2n) is 3.63. The Labute approximate surface area is 95.4 Å². The number of unbranched alkanes of at least 4 members (excludes halogenated alkanes) is 2. The standard InChI is InChI=1S/C9H17N3O3S/c1-12-8-9(7-11-12)15-5-3-2-4-6-16(10,13)14/h7-8H,2-6H2,1H3,(H2,10,13,14). The lowest BCUT2D eigenvalue weighted by molar-refractivity contribution is 0.306.